The van der Waals surface area contributed by atoms with Crippen molar-refractivity contribution in [1.29, 1.82) is 0 Å². The summed E-state index contributed by atoms with van der Waals surface area (Å²) < 4.78 is 4.62. The van der Waals surface area contributed by atoms with Crippen LogP contribution in [0.15, 0.2) is 22.5 Å². The van der Waals surface area contributed by atoms with Crippen LogP contribution in [0.3, 0.4) is 0 Å². The number of unbranched alkanes of at least 4 members (excludes halogenated alkanes) is 2. The molecule has 124 valence electrons. The lowest BCUT2D eigenvalue weighted by atomic mass is 10.2. The van der Waals surface area contributed by atoms with Gasteiger partial charge in [0, 0.05) is 30.9 Å². The first-order chi connectivity index (χ1) is 10.8. The summed E-state index contributed by atoms with van der Waals surface area (Å²) in [6.07, 6.45) is 4.36. The van der Waals surface area contributed by atoms with E-state index >= 15 is 0 Å². The zero-order chi connectivity index (χ0) is 16.0. The van der Waals surface area contributed by atoms with E-state index in [9.17, 15) is 4.79 Å². The largest absolute Gasteiger partial charge is 0.469 e. The Morgan fingerprint density at radius 2 is 2.18 bits per heavy atom. The van der Waals surface area contributed by atoms with Crippen LogP contribution >= 0.6 is 11.3 Å². The van der Waals surface area contributed by atoms with Crippen LogP contribution in [-0.4, -0.2) is 38.7 Å². The molecule has 0 aliphatic carbocycles. The van der Waals surface area contributed by atoms with E-state index in [1.165, 1.54) is 12.0 Å². The fourth-order valence-corrected chi connectivity index (χ4v) is 2.66. The zero-order valence-corrected chi connectivity index (χ0v) is 14.4. The van der Waals surface area contributed by atoms with E-state index in [2.05, 4.69) is 44.8 Å². The summed E-state index contributed by atoms with van der Waals surface area (Å²) in [4.78, 5) is 16.9. The summed E-state index contributed by atoms with van der Waals surface area (Å²) >= 11 is 1.78. The maximum absolute atomic E-state index is 11.0. The minimum absolute atomic E-state index is 0.132. The first-order valence-corrected chi connectivity index (χ1v) is 8.75. The third-order valence-corrected chi connectivity index (χ3v) is 4.06. The van der Waals surface area contributed by atoms with Gasteiger partial charge in [-0.3, -0.25) is 9.79 Å². The number of ether oxygens (including phenoxy) is 1. The third-order valence-electron chi connectivity index (χ3n) is 3.12. The van der Waals surface area contributed by atoms with Gasteiger partial charge in [0.1, 0.15) is 0 Å². The van der Waals surface area contributed by atoms with Gasteiger partial charge in [0.05, 0.1) is 7.11 Å². The number of guanidine groups is 1. The van der Waals surface area contributed by atoms with Crippen molar-refractivity contribution in [2.45, 2.75) is 39.0 Å². The minimum Gasteiger partial charge on any atom is -0.469 e. The summed E-state index contributed by atoms with van der Waals surface area (Å²) in [6.45, 7) is 4.57. The molecule has 22 heavy (non-hydrogen) atoms. The number of esters is 1. The number of hydrogen-bond donors (Lipinski definition) is 2. The van der Waals surface area contributed by atoms with Gasteiger partial charge in [0.25, 0.3) is 0 Å². The molecule has 0 saturated carbocycles. The molecule has 0 saturated heterocycles. The van der Waals surface area contributed by atoms with E-state index in [0.29, 0.717) is 6.42 Å². The van der Waals surface area contributed by atoms with Crippen LogP contribution in [0, 0.1) is 0 Å². The first kappa shape index (κ1) is 18.5. The predicted molar refractivity (Wildman–Crippen MR) is 92.5 cm³/mol. The predicted octanol–water partition coefficient (Wildman–Crippen LogP) is 2.58. The highest BCUT2D eigenvalue weighted by Gasteiger charge is 2.00. The van der Waals surface area contributed by atoms with Crippen LogP contribution in [0.1, 0.15) is 37.5 Å². The van der Waals surface area contributed by atoms with Crippen LogP contribution in [-0.2, 0) is 16.0 Å². The molecule has 0 spiro atoms. The molecule has 1 heterocycles. The Balaban J connectivity index is 2.16. The van der Waals surface area contributed by atoms with E-state index in [1.807, 2.05) is 0 Å². The lowest BCUT2D eigenvalue weighted by molar-refractivity contribution is -0.140. The number of carbonyl (C=O) groups is 1. The van der Waals surface area contributed by atoms with E-state index in [1.54, 1.807) is 11.3 Å². The lowest BCUT2D eigenvalue weighted by Crippen LogP contribution is -2.38. The summed E-state index contributed by atoms with van der Waals surface area (Å²) in [6, 6.07) is 4.23. The summed E-state index contributed by atoms with van der Waals surface area (Å²) in [5, 5.41) is 8.70. The van der Waals surface area contributed by atoms with Gasteiger partial charge >= 0.3 is 5.97 Å². The Morgan fingerprint density at radius 1 is 1.32 bits per heavy atom. The molecule has 0 aliphatic rings. The second kappa shape index (κ2) is 12.0. The highest BCUT2D eigenvalue weighted by molar-refractivity contribution is 7.09. The summed E-state index contributed by atoms with van der Waals surface area (Å²) in [5.74, 6) is 0.735. The molecule has 5 nitrogen and oxygen atoms in total. The molecule has 0 fully saturated rings. The highest BCUT2D eigenvalue weighted by atomic mass is 32.1. The monoisotopic (exact) mass is 325 g/mol. The molecule has 6 heteroatoms. The Labute approximate surface area is 137 Å². The van der Waals surface area contributed by atoms with Gasteiger partial charge in [-0.05, 0) is 37.6 Å². The molecule has 0 bridgehead atoms. The molecular weight excluding hydrogens is 298 g/mol. The third kappa shape index (κ3) is 8.67. The van der Waals surface area contributed by atoms with Gasteiger partial charge in [0.2, 0.25) is 0 Å². The highest BCUT2D eigenvalue weighted by Crippen LogP contribution is 2.08. The molecule has 0 aromatic carbocycles. The average molecular weight is 325 g/mol. The van der Waals surface area contributed by atoms with Gasteiger partial charge in [-0.1, -0.05) is 12.5 Å². The number of nitrogens with one attached hydrogen (secondary N) is 2. The van der Waals surface area contributed by atoms with Crippen LogP contribution in [0.5, 0.6) is 0 Å². The van der Waals surface area contributed by atoms with Crippen LogP contribution in [0.25, 0.3) is 0 Å². The quantitative estimate of drug-likeness (QED) is 0.300. The fraction of sp³-hybridized carbons (Fsp3) is 0.625. The van der Waals surface area contributed by atoms with Gasteiger partial charge < -0.3 is 15.4 Å². The van der Waals surface area contributed by atoms with Crippen molar-refractivity contribution >= 4 is 23.3 Å². The number of hydrogen-bond acceptors (Lipinski definition) is 4. The Bertz CT molecular complexity index is 433. The minimum atomic E-state index is -0.132. The lowest BCUT2D eigenvalue weighted by Gasteiger charge is -2.10. The average Bonchev–Trinajstić information content (AvgIpc) is 3.03. The van der Waals surface area contributed by atoms with Crippen molar-refractivity contribution in [3.8, 4) is 0 Å². The van der Waals surface area contributed by atoms with E-state index in [-0.39, 0.29) is 5.97 Å². The van der Waals surface area contributed by atoms with Crippen molar-refractivity contribution in [2.24, 2.45) is 4.99 Å². The molecule has 0 aliphatic heterocycles. The zero-order valence-electron chi connectivity index (χ0n) is 13.6. The number of carbonyl (C=O) groups excluding carboxylic acids is 1. The maximum atomic E-state index is 11.0. The number of nitrogens with zero attached hydrogens (tertiary/aromatic N) is 1. The van der Waals surface area contributed by atoms with Crippen molar-refractivity contribution in [3.63, 3.8) is 0 Å². The van der Waals surface area contributed by atoms with Crippen LogP contribution < -0.4 is 10.6 Å². The molecular formula is C16H27N3O2S. The van der Waals surface area contributed by atoms with Crippen molar-refractivity contribution in [3.05, 3.63) is 22.4 Å². The van der Waals surface area contributed by atoms with E-state index in [4.69, 9.17) is 0 Å². The molecule has 1 aromatic heterocycles. The smallest absolute Gasteiger partial charge is 0.305 e. The SMILES string of the molecule is CCNC(=NCCCCCC(=O)OC)NCCc1cccs1. The molecule has 2 N–H and O–H groups in total. The Kier molecular flexibility index (Phi) is 10.1. The summed E-state index contributed by atoms with van der Waals surface area (Å²) in [7, 11) is 1.43. The van der Waals surface area contributed by atoms with Crippen LogP contribution in [0.2, 0.25) is 0 Å². The van der Waals surface area contributed by atoms with Gasteiger partial charge in [-0.15, -0.1) is 11.3 Å². The maximum Gasteiger partial charge on any atom is 0.305 e. The Hall–Kier alpha value is -1.56. The van der Waals surface area contributed by atoms with E-state index < -0.39 is 0 Å². The number of methoxy groups -OCH3 is 1. The molecule has 0 unspecified atom stereocenters. The second-order valence-corrected chi connectivity index (χ2v) is 5.94. The molecule has 0 radical (unpaired) electrons. The first-order valence-electron chi connectivity index (χ1n) is 7.87. The molecule has 0 amide bonds. The fourth-order valence-electron chi connectivity index (χ4n) is 1.95. The second-order valence-electron chi connectivity index (χ2n) is 4.90. The molecule has 1 aromatic rings. The standard InChI is InChI=1S/C16H27N3O2S/c1-3-17-16(19-12-10-14-8-7-13-22-14)18-11-6-4-5-9-15(20)21-2/h7-8,13H,3-6,9-12H2,1-2H3,(H2,17,18,19). The molecule has 1 rings (SSSR count). The van der Waals surface area contributed by atoms with Gasteiger partial charge in [0.15, 0.2) is 5.96 Å². The van der Waals surface area contributed by atoms with Crippen molar-refractivity contribution < 1.29 is 9.53 Å². The van der Waals surface area contributed by atoms with Crippen molar-refractivity contribution in [2.75, 3.05) is 26.7 Å². The number of rotatable bonds is 10. The molecule has 0 atom stereocenters. The van der Waals surface area contributed by atoms with Crippen molar-refractivity contribution in [1.82, 2.24) is 10.6 Å². The topological polar surface area (TPSA) is 62.7 Å². The van der Waals surface area contributed by atoms with Gasteiger partial charge in [-0.2, -0.15) is 0 Å². The summed E-state index contributed by atoms with van der Waals surface area (Å²) in [5.41, 5.74) is 0. The number of thiophene rings is 1. The normalized spacial score (nSPS) is 11.3. The van der Waals surface area contributed by atoms with Crippen LogP contribution in [0.4, 0.5) is 0 Å². The van der Waals surface area contributed by atoms with Gasteiger partial charge in [-0.25, -0.2) is 0 Å². The number of aliphatic imine (C=N–C) groups is 1. The van der Waals surface area contributed by atoms with E-state index in [0.717, 1.165) is 51.3 Å². The Morgan fingerprint density at radius 3 is 2.86 bits per heavy atom.